The second kappa shape index (κ2) is 16.2. The number of benzene rings is 4. The van der Waals surface area contributed by atoms with E-state index in [1.54, 1.807) is 7.11 Å². The lowest BCUT2D eigenvalue weighted by Crippen LogP contribution is -2.66. The molecule has 1 aliphatic carbocycles. The summed E-state index contributed by atoms with van der Waals surface area (Å²) in [6.45, 7) is 1.20. The zero-order chi connectivity index (χ0) is 29.9. The summed E-state index contributed by atoms with van der Waals surface area (Å²) in [5.41, 5.74) is 3.94. The Balaban J connectivity index is 1.45. The van der Waals surface area contributed by atoms with Crippen LogP contribution in [0.2, 0.25) is 0 Å². The number of hydrogen-bond acceptors (Lipinski definition) is 7. The highest BCUT2D eigenvalue weighted by Gasteiger charge is 2.53. The summed E-state index contributed by atoms with van der Waals surface area (Å²) in [6, 6.07) is 37.4. The number of rotatable bonds is 14. The molecule has 0 saturated heterocycles. The van der Waals surface area contributed by atoms with Crippen LogP contribution in [0, 0.1) is 0 Å². The van der Waals surface area contributed by atoms with E-state index in [1.807, 2.05) is 115 Å². The molecule has 7 nitrogen and oxygen atoms in total. The van der Waals surface area contributed by atoms with E-state index in [9.17, 15) is 5.11 Å². The van der Waals surface area contributed by atoms with Gasteiger partial charge in [0.25, 0.3) is 0 Å². The fraction of sp³-hybridized carbons (Fsp3) is 0.314. The Kier molecular flexibility index (Phi) is 11.8. The zero-order valence-corrected chi connectivity index (χ0v) is 25.4. The molecule has 43 heavy (non-hydrogen) atoms. The summed E-state index contributed by atoms with van der Waals surface area (Å²) in [5, 5.41) is 11.7. The van der Waals surface area contributed by atoms with E-state index in [4.69, 9.17) is 27.5 Å². The second-order valence-electron chi connectivity index (χ2n) is 10.5. The molecule has 1 aliphatic rings. The molecule has 4 aromatic carbocycles. The van der Waals surface area contributed by atoms with Crippen LogP contribution in [0.5, 0.6) is 5.75 Å². The smallest absolute Gasteiger partial charge is 0.369 e. The van der Waals surface area contributed by atoms with Gasteiger partial charge in [-0.05, 0) is 34.4 Å². The van der Waals surface area contributed by atoms with E-state index >= 15 is 0 Å². The summed E-state index contributed by atoms with van der Waals surface area (Å²) in [6.07, 6.45) is -4.54. The van der Waals surface area contributed by atoms with Crippen molar-refractivity contribution in [1.82, 2.24) is 0 Å². The fourth-order valence-corrected chi connectivity index (χ4v) is 5.59. The van der Waals surface area contributed by atoms with Gasteiger partial charge in [-0.1, -0.05) is 103 Å². The third-order valence-electron chi connectivity index (χ3n) is 7.58. The molecule has 4 aromatic rings. The van der Waals surface area contributed by atoms with E-state index in [2.05, 4.69) is 16.6 Å². The van der Waals surface area contributed by atoms with Crippen molar-refractivity contribution < 1.29 is 32.6 Å². The molecule has 222 valence electrons. The van der Waals surface area contributed by atoms with Crippen molar-refractivity contribution in [3.05, 3.63) is 138 Å². The van der Waals surface area contributed by atoms with Gasteiger partial charge in [-0.3, -0.25) is 0 Å². The minimum atomic E-state index is -1.05. The zero-order valence-electron chi connectivity index (χ0n) is 24.2. The Hall–Kier alpha value is -3.03. The first-order valence-electron chi connectivity index (χ1n) is 14.4. The van der Waals surface area contributed by atoms with Gasteiger partial charge in [-0.2, -0.15) is 0 Å². The number of aliphatic hydroxyl groups is 1. The summed E-state index contributed by atoms with van der Waals surface area (Å²) >= 11 is 2.28. The van der Waals surface area contributed by atoms with Gasteiger partial charge in [-0.25, -0.2) is 0 Å². The maximum atomic E-state index is 11.7. The molecule has 3 unspecified atom stereocenters. The minimum absolute atomic E-state index is 0.288. The van der Waals surface area contributed by atoms with E-state index in [1.165, 1.54) is 0 Å². The molecule has 0 amide bonds. The number of methoxy groups -OCH3 is 1. The molecular formula is C35H37AlO7. The van der Waals surface area contributed by atoms with Crippen LogP contribution < -0.4 is 4.74 Å². The van der Waals surface area contributed by atoms with Gasteiger partial charge < -0.3 is 32.6 Å². The van der Waals surface area contributed by atoms with Gasteiger partial charge in [0.2, 0.25) is 0 Å². The third kappa shape index (κ3) is 8.54. The topological polar surface area (TPSA) is 75.6 Å². The van der Waals surface area contributed by atoms with Gasteiger partial charge in [0.05, 0.1) is 39.6 Å². The Morgan fingerprint density at radius 2 is 0.837 bits per heavy atom. The third-order valence-corrected chi connectivity index (χ3v) is 7.90. The van der Waals surface area contributed by atoms with Crippen LogP contribution in [0.15, 0.2) is 115 Å². The monoisotopic (exact) mass is 596 g/mol. The van der Waals surface area contributed by atoms with Crippen LogP contribution in [-0.2, 0) is 49.2 Å². The number of aliphatic hydroxyl groups excluding tert-OH is 1. The van der Waals surface area contributed by atoms with Crippen LogP contribution in [-0.4, -0.2) is 65.5 Å². The first kappa shape index (κ1) is 31.4. The quantitative estimate of drug-likeness (QED) is 0.201. The Morgan fingerprint density at radius 3 is 1.23 bits per heavy atom. The fourth-order valence-electron chi connectivity index (χ4n) is 5.27. The van der Waals surface area contributed by atoms with Crippen molar-refractivity contribution in [3.63, 3.8) is 0 Å². The maximum Gasteiger partial charge on any atom is 0.369 e. The van der Waals surface area contributed by atoms with Crippen molar-refractivity contribution in [3.8, 4) is 5.75 Å². The molecule has 0 aromatic heterocycles. The molecule has 1 saturated carbocycles. The molecular weight excluding hydrogens is 559 g/mol. The van der Waals surface area contributed by atoms with Crippen LogP contribution in [0.4, 0.5) is 0 Å². The molecule has 1 fully saturated rings. The van der Waals surface area contributed by atoms with E-state index in [0.717, 1.165) is 28.0 Å². The number of hydrogen-bond donors (Lipinski definition) is 1. The lowest BCUT2D eigenvalue weighted by atomic mass is 9.84. The Bertz CT molecular complexity index is 1340. The Morgan fingerprint density at radius 1 is 0.488 bits per heavy atom. The van der Waals surface area contributed by atoms with Gasteiger partial charge in [0.15, 0.2) is 0 Å². The largest absolute Gasteiger partial charge is 0.510 e. The van der Waals surface area contributed by atoms with Crippen molar-refractivity contribution in [2.24, 2.45) is 0 Å². The summed E-state index contributed by atoms with van der Waals surface area (Å²) < 4.78 is 37.3. The first-order valence-corrected chi connectivity index (χ1v) is 14.9. The van der Waals surface area contributed by atoms with E-state index in [-0.39, 0.29) is 13.2 Å². The average molecular weight is 597 g/mol. The first-order chi connectivity index (χ1) is 21.2. The van der Waals surface area contributed by atoms with Crippen molar-refractivity contribution >= 4 is 16.6 Å². The van der Waals surface area contributed by atoms with Crippen LogP contribution >= 0.6 is 0 Å². The normalized spacial score (nSPS) is 23.6. The van der Waals surface area contributed by atoms with Gasteiger partial charge in [-0.15, -0.1) is 0 Å². The van der Waals surface area contributed by atoms with Crippen LogP contribution in [0.3, 0.4) is 0 Å². The summed E-state index contributed by atoms with van der Waals surface area (Å²) in [5.74, 6) is 0.767. The molecule has 6 atom stereocenters. The van der Waals surface area contributed by atoms with Gasteiger partial charge in [0.1, 0.15) is 36.3 Å². The predicted molar refractivity (Wildman–Crippen MR) is 163 cm³/mol. The lowest BCUT2D eigenvalue weighted by Gasteiger charge is -2.48. The molecule has 0 spiro atoms. The minimum Gasteiger partial charge on any atom is -0.510 e. The molecule has 8 heteroatoms. The highest BCUT2D eigenvalue weighted by Crippen LogP contribution is 2.34. The van der Waals surface area contributed by atoms with E-state index in [0.29, 0.717) is 13.2 Å². The molecule has 0 aliphatic heterocycles. The summed E-state index contributed by atoms with van der Waals surface area (Å²) in [4.78, 5) is 0. The SMILES string of the molecule is COc1ccc(COC2C(OCc3ccccc3)[C@@H]([O][Al])C(O)[C@@H](OCc3ccccc3)[C@H]2OCc2ccccc2)cc1. The van der Waals surface area contributed by atoms with Gasteiger partial charge in [0, 0.05) is 0 Å². The molecule has 0 bridgehead atoms. The highest BCUT2D eigenvalue weighted by atomic mass is 27.1. The number of ether oxygens (including phenoxy) is 5. The highest BCUT2D eigenvalue weighted by molar-refractivity contribution is 5.98. The average Bonchev–Trinajstić information content (AvgIpc) is 3.07. The van der Waals surface area contributed by atoms with Crippen molar-refractivity contribution in [2.75, 3.05) is 7.11 Å². The van der Waals surface area contributed by atoms with Crippen LogP contribution in [0.25, 0.3) is 0 Å². The van der Waals surface area contributed by atoms with Crippen LogP contribution in [0.1, 0.15) is 22.3 Å². The van der Waals surface area contributed by atoms with E-state index < -0.39 is 36.6 Å². The molecule has 2 radical (unpaired) electrons. The lowest BCUT2D eigenvalue weighted by molar-refractivity contribution is -0.269. The van der Waals surface area contributed by atoms with Crippen molar-refractivity contribution in [1.29, 1.82) is 0 Å². The summed E-state index contributed by atoms with van der Waals surface area (Å²) in [7, 11) is 1.64. The predicted octanol–water partition coefficient (Wildman–Crippen LogP) is 5.18. The standard InChI is InChI=1S/C35H37O7.Al/c1-38-29-19-17-28(18-20-29)24-42-35-33(40-22-26-13-7-3-8-14-26)31(37)30(36)32(39-21-25-11-5-2-6-12-25)34(35)41-23-27-15-9-4-10-16-27;/h2-20,30-36H,21-24H2,1H3;/q-1;+1/t30?,31-,32+,33?,34+,35?;/m0./s1. The second-order valence-corrected chi connectivity index (χ2v) is 10.8. The molecule has 5 rings (SSSR count). The maximum absolute atomic E-state index is 11.7. The van der Waals surface area contributed by atoms with Gasteiger partial charge >= 0.3 is 16.6 Å². The molecule has 1 N–H and O–H groups in total. The van der Waals surface area contributed by atoms with Crippen molar-refractivity contribution in [2.45, 2.75) is 63.1 Å². The molecule has 0 heterocycles. The Labute approximate surface area is 262 Å².